The second-order valence-corrected chi connectivity index (χ2v) is 7.02. The summed E-state index contributed by atoms with van der Waals surface area (Å²) in [5.74, 6) is 0. The molecular weight excluding hydrogens is 284 g/mol. The molecular formula is C16H24N2O2S. The van der Waals surface area contributed by atoms with Gasteiger partial charge in [0.15, 0.2) is 0 Å². The van der Waals surface area contributed by atoms with E-state index in [0.717, 1.165) is 6.54 Å². The van der Waals surface area contributed by atoms with Crippen LogP contribution in [-0.2, 0) is 4.74 Å². The molecule has 4 nitrogen and oxygen atoms in total. The lowest BCUT2D eigenvalue weighted by molar-refractivity contribution is 0.0194. The third-order valence-electron chi connectivity index (χ3n) is 3.34. The molecule has 1 aliphatic rings. The monoisotopic (exact) mass is 308 g/mol. The summed E-state index contributed by atoms with van der Waals surface area (Å²) in [6, 6.07) is 8.50. The molecule has 1 aromatic rings. The van der Waals surface area contributed by atoms with Gasteiger partial charge < -0.3 is 15.0 Å². The number of thioether (sulfide) groups is 1. The summed E-state index contributed by atoms with van der Waals surface area (Å²) in [6.45, 7) is 7.81. The Labute approximate surface area is 131 Å². The van der Waals surface area contributed by atoms with Crippen LogP contribution in [0.2, 0.25) is 0 Å². The summed E-state index contributed by atoms with van der Waals surface area (Å²) in [5, 5.41) is 3.50. The molecule has 5 heteroatoms. The van der Waals surface area contributed by atoms with Crippen molar-refractivity contribution in [3.05, 3.63) is 29.8 Å². The highest BCUT2D eigenvalue weighted by Gasteiger charge is 2.28. The van der Waals surface area contributed by atoms with Crippen LogP contribution in [0.25, 0.3) is 0 Å². The third-order valence-corrected chi connectivity index (χ3v) is 4.15. The van der Waals surface area contributed by atoms with Crippen molar-refractivity contribution in [2.75, 3.05) is 25.9 Å². The van der Waals surface area contributed by atoms with Crippen molar-refractivity contribution < 1.29 is 9.53 Å². The Morgan fingerprint density at radius 1 is 1.38 bits per heavy atom. The third kappa shape index (κ3) is 4.38. The number of hydrogen-bond acceptors (Lipinski definition) is 4. The fraction of sp³-hybridized carbons (Fsp3) is 0.562. The summed E-state index contributed by atoms with van der Waals surface area (Å²) in [7, 11) is 0. The molecule has 1 unspecified atom stereocenters. The van der Waals surface area contributed by atoms with Gasteiger partial charge in [-0.3, -0.25) is 0 Å². The average Bonchev–Trinajstić information content (AvgIpc) is 2.45. The molecule has 1 amide bonds. The SMILES string of the molecule is CSc1ccccc1C1CN(C(=O)OC(C)(C)C)CCN1. The molecule has 0 saturated carbocycles. The summed E-state index contributed by atoms with van der Waals surface area (Å²) >= 11 is 1.73. The minimum Gasteiger partial charge on any atom is -0.444 e. The lowest BCUT2D eigenvalue weighted by Gasteiger charge is -2.35. The molecule has 0 aromatic heterocycles. The van der Waals surface area contributed by atoms with Crippen LogP contribution in [-0.4, -0.2) is 42.5 Å². The minimum atomic E-state index is -0.450. The zero-order valence-electron chi connectivity index (χ0n) is 13.2. The van der Waals surface area contributed by atoms with E-state index >= 15 is 0 Å². The standard InChI is InChI=1S/C16H24N2O2S/c1-16(2,3)20-15(19)18-10-9-17-13(11-18)12-7-5-6-8-14(12)21-4/h5-8,13,17H,9-11H2,1-4H3. The van der Waals surface area contributed by atoms with E-state index in [4.69, 9.17) is 4.74 Å². The van der Waals surface area contributed by atoms with Gasteiger partial charge >= 0.3 is 6.09 Å². The highest BCUT2D eigenvalue weighted by molar-refractivity contribution is 7.98. The van der Waals surface area contributed by atoms with Crippen molar-refractivity contribution in [3.8, 4) is 0 Å². The van der Waals surface area contributed by atoms with Crippen LogP contribution in [0.3, 0.4) is 0 Å². The number of carbonyl (C=O) groups excluding carboxylic acids is 1. The van der Waals surface area contributed by atoms with Crippen molar-refractivity contribution in [2.45, 2.75) is 37.3 Å². The Morgan fingerprint density at radius 3 is 2.76 bits per heavy atom. The second-order valence-electron chi connectivity index (χ2n) is 6.18. The van der Waals surface area contributed by atoms with Gasteiger partial charge in [-0.05, 0) is 38.7 Å². The van der Waals surface area contributed by atoms with Gasteiger partial charge in [0.2, 0.25) is 0 Å². The molecule has 1 aliphatic heterocycles. The van der Waals surface area contributed by atoms with Crippen LogP contribution >= 0.6 is 11.8 Å². The number of nitrogens with zero attached hydrogens (tertiary/aromatic N) is 1. The van der Waals surface area contributed by atoms with Crippen molar-refractivity contribution in [1.29, 1.82) is 0 Å². The van der Waals surface area contributed by atoms with Crippen molar-refractivity contribution >= 4 is 17.9 Å². The molecule has 1 saturated heterocycles. The number of hydrogen-bond donors (Lipinski definition) is 1. The molecule has 0 aliphatic carbocycles. The minimum absolute atomic E-state index is 0.162. The summed E-state index contributed by atoms with van der Waals surface area (Å²) < 4.78 is 5.47. The Balaban J connectivity index is 2.09. The number of piperazine rings is 1. The van der Waals surface area contributed by atoms with Crippen molar-refractivity contribution in [1.82, 2.24) is 10.2 Å². The first-order valence-electron chi connectivity index (χ1n) is 7.25. The molecule has 0 bridgehead atoms. The number of carbonyl (C=O) groups is 1. The lowest BCUT2D eigenvalue weighted by atomic mass is 10.0. The van der Waals surface area contributed by atoms with Crippen LogP contribution in [0.1, 0.15) is 32.4 Å². The van der Waals surface area contributed by atoms with Gasteiger partial charge in [0.25, 0.3) is 0 Å². The zero-order valence-corrected chi connectivity index (χ0v) is 14.0. The summed E-state index contributed by atoms with van der Waals surface area (Å²) in [5.41, 5.74) is 0.799. The first-order chi connectivity index (χ1) is 9.90. The first-order valence-corrected chi connectivity index (χ1v) is 8.47. The maximum atomic E-state index is 12.2. The maximum absolute atomic E-state index is 12.2. The molecule has 2 rings (SSSR count). The fourth-order valence-corrected chi connectivity index (χ4v) is 3.07. The van der Waals surface area contributed by atoms with Gasteiger partial charge in [0, 0.05) is 24.5 Å². The molecule has 1 N–H and O–H groups in total. The van der Waals surface area contributed by atoms with Crippen LogP contribution in [0.4, 0.5) is 4.79 Å². The molecule has 1 atom stereocenters. The molecule has 116 valence electrons. The summed E-state index contributed by atoms with van der Waals surface area (Å²) in [4.78, 5) is 15.3. The van der Waals surface area contributed by atoms with Crippen LogP contribution in [0.15, 0.2) is 29.2 Å². The van der Waals surface area contributed by atoms with E-state index in [1.807, 2.05) is 32.9 Å². The smallest absolute Gasteiger partial charge is 0.410 e. The molecule has 1 aromatic carbocycles. The molecule has 0 radical (unpaired) electrons. The number of rotatable bonds is 2. The Hall–Kier alpha value is -1.20. The van der Waals surface area contributed by atoms with Gasteiger partial charge in [0.1, 0.15) is 5.60 Å². The fourth-order valence-electron chi connectivity index (χ4n) is 2.40. The molecule has 21 heavy (non-hydrogen) atoms. The highest BCUT2D eigenvalue weighted by atomic mass is 32.2. The van der Waals surface area contributed by atoms with E-state index in [2.05, 4.69) is 23.7 Å². The maximum Gasteiger partial charge on any atom is 0.410 e. The Kier molecular flexibility index (Phi) is 5.17. The topological polar surface area (TPSA) is 41.6 Å². The van der Waals surface area contributed by atoms with Crippen molar-refractivity contribution in [2.24, 2.45) is 0 Å². The van der Waals surface area contributed by atoms with Gasteiger partial charge in [-0.2, -0.15) is 0 Å². The summed E-state index contributed by atoms with van der Waals surface area (Å²) in [6.07, 6.45) is 1.85. The predicted octanol–water partition coefficient (Wildman–Crippen LogP) is 3.29. The average molecular weight is 308 g/mol. The van der Waals surface area contributed by atoms with Crippen LogP contribution in [0.5, 0.6) is 0 Å². The van der Waals surface area contributed by atoms with Crippen LogP contribution in [0, 0.1) is 0 Å². The number of nitrogens with one attached hydrogen (secondary N) is 1. The van der Waals surface area contributed by atoms with Gasteiger partial charge in [0.05, 0.1) is 6.04 Å². The van der Waals surface area contributed by atoms with Gasteiger partial charge in [-0.15, -0.1) is 11.8 Å². The largest absolute Gasteiger partial charge is 0.444 e. The normalized spacial score (nSPS) is 19.4. The number of amides is 1. The van der Waals surface area contributed by atoms with Crippen molar-refractivity contribution in [3.63, 3.8) is 0 Å². The first kappa shape index (κ1) is 16.2. The van der Waals surface area contributed by atoms with E-state index < -0.39 is 5.60 Å². The van der Waals surface area contributed by atoms with Gasteiger partial charge in [-0.25, -0.2) is 4.79 Å². The zero-order chi connectivity index (χ0) is 15.5. The highest BCUT2D eigenvalue weighted by Crippen LogP contribution is 2.27. The Morgan fingerprint density at radius 2 is 2.10 bits per heavy atom. The van der Waals surface area contributed by atoms with E-state index in [9.17, 15) is 4.79 Å². The molecule has 1 fully saturated rings. The molecule has 0 spiro atoms. The van der Waals surface area contributed by atoms with E-state index in [1.54, 1.807) is 16.7 Å². The van der Waals surface area contributed by atoms with E-state index in [0.29, 0.717) is 13.1 Å². The van der Waals surface area contributed by atoms with E-state index in [1.165, 1.54) is 10.5 Å². The predicted molar refractivity (Wildman–Crippen MR) is 86.8 cm³/mol. The Bertz CT molecular complexity index is 499. The lowest BCUT2D eigenvalue weighted by Crippen LogP contribution is -2.49. The molecule has 1 heterocycles. The number of benzene rings is 1. The van der Waals surface area contributed by atoms with Gasteiger partial charge in [-0.1, -0.05) is 18.2 Å². The quantitative estimate of drug-likeness (QED) is 0.851. The van der Waals surface area contributed by atoms with Crippen LogP contribution < -0.4 is 5.32 Å². The van der Waals surface area contributed by atoms with E-state index in [-0.39, 0.29) is 12.1 Å². The number of ether oxygens (including phenoxy) is 1. The second kappa shape index (κ2) is 6.71.